The van der Waals surface area contributed by atoms with Gasteiger partial charge in [0.15, 0.2) is 23.3 Å². The van der Waals surface area contributed by atoms with Gasteiger partial charge >= 0.3 is 0 Å². The van der Waals surface area contributed by atoms with Crippen LogP contribution in [0.5, 0.6) is 17.4 Å². The smallest absolute Gasteiger partial charge is 0.236 e. The number of hydrogen-bond donors (Lipinski definition) is 1. The first-order valence-corrected chi connectivity index (χ1v) is 11.4. The summed E-state index contributed by atoms with van der Waals surface area (Å²) in [6, 6.07) is 7.39. The van der Waals surface area contributed by atoms with Crippen molar-refractivity contribution in [3.63, 3.8) is 0 Å². The Kier molecular flexibility index (Phi) is 6.42. The van der Waals surface area contributed by atoms with Crippen LogP contribution in [0.15, 0.2) is 29.4 Å². The topological polar surface area (TPSA) is 76.8 Å². The van der Waals surface area contributed by atoms with Crippen LogP contribution in [0.2, 0.25) is 0 Å². The number of aliphatic imine (C=N–C) groups is 1. The van der Waals surface area contributed by atoms with E-state index < -0.39 is 35.4 Å². The van der Waals surface area contributed by atoms with E-state index in [4.69, 9.17) is 9.47 Å². The SMILES string of the molecule is Cc1cc(O)c2nc(Oc3[c-]c(C4=N[C@H]5Cc6c(F)c(F)c(F)c(F)c6[C@H]5O4)c(C)c(C)c3)cnc2c1.[Pt]. The normalized spacial score (nSPS) is 17.5. The predicted octanol–water partition coefficient (Wildman–Crippen LogP) is 5.85. The second-order valence-corrected chi connectivity index (χ2v) is 9.17. The number of hydrogen-bond acceptors (Lipinski definition) is 6. The Morgan fingerprint density at radius 1 is 1.03 bits per heavy atom. The summed E-state index contributed by atoms with van der Waals surface area (Å²) in [6.45, 7) is 5.47. The molecule has 2 atom stereocenters. The monoisotopic (exact) mass is 703 g/mol. The molecule has 2 aliphatic rings. The summed E-state index contributed by atoms with van der Waals surface area (Å²) >= 11 is 0. The first kappa shape index (κ1) is 26.1. The molecule has 1 aromatic heterocycles. The summed E-state index contributed by atoms with van der Waals surface area (Å²) in [5.74, 6) is -6.16. The van der Waals surface area contributed by atoms with Crippen molar-refractivity contribution in [3.8, 4) is 17.4 Å². The van der Waals surface area contributed by atoms with E-state index in [2.05, 4.69) is 21.0 Å². The van der Waals surface area contributed by atoms with Crippen molar-refractivity contribution in [2.45, 2.75) is 39.3 Å². The Morgan fingerprint density at radius 2 is 1.76 bits per heavy atom. The Labute approximate surface area is 228 Å². The predicted molar refractivity (Wildman–Crippen MR) is 125 cm³/mol. The van der Waals surface area contributed by atoms with Gasteiger partial charge in [-0.05, 0) is 24.6 Å². The Bertz CT molecular complexity index is 1680. The van der Waals surface area contributed by atoms with Crippen LogP contribution in [-0.2, 0) is 32.2 Å². The van der Waals surface area contributed by atoms with E-state index >= 15 is 0 Å². The zero-order chi connectivity index (χ0) is 26.2. The summed E-state index contributed by atoms with van der Waals surface area (Å²) in [7, 11) is 0. The van der Waals surface area contributed by atoms with Crippen LogP contribution in [0.1, 0.15) is 39.5 Å². The van der Waals surface area contributed by atoms with Gasteiger partial charge in [0.1, 0.15) is 23.3 Å². The first-order valence-electron chi connectivity index (χ1n) is 11.4. The molecule has 38 heavy (non-hydrogen) atoms. The third-order valence-electron chi connectivity index (χ3n) is 6.71. The maximum absolute atomic E-state index is 14.6. The first-order chi connectivity index (χ1) is 17.6. The number of nitrogens with zero attached hydrogens (tertiary/aromatic N) is 3. The Hall–Kier alpha value is -3.52. The van der Waals surface area contributed by atoms with E-state index in [0.717, 1.165) is 16.7 Å². The van der Waals surface area contributed by atoms with E-state index in [9.17, 15) is 22.7 Å². The molecule has 0 fully saturated rings. The fourth-order valence-corrected chi connectivity index (χ4v) is 4.78. The van der Waals surface area contributed by atoms with Crippen molar-refractivity contribution in [3.05, 3.63) is 87.1 Å². The van der Waals surface area contributed by atoms with E-state index in [-0.39, 0.29) is 67.4 Å². The van der Waals surface area contributed by atoms with Crippen molar-refractivity contribution in [1.29, 1.82) is 0 Å². The molecule has 3 aromatic carbocycles. The molecule has 6 nitrogen and oxygen atoms in total. The van der Waals surface area contributed by atoms with Crippen LogP contribution < -0.4 is 4.74 Å². The largest absolute Gasteiger partial charge is 0.510 e. The van der Waals surface area contributed by atoms with Crippen molar-refractivity contribution < 1.29 is 53.2 Å². The fourth-order valence-electron chi connectivity index (χ4n) is 4.78. The quantitative estimate of drug-likeness (QED) is 0.126. The zero-order valence-corrected chi connectivity index (χ0v) is 22.4. The molecule has 11 heteroatoms. The number of rotatable bonds is 3. The standard InChI is InChI=1S/C27H18F4N3O3.Pt/c1-10-4-16-25(18(35)5-10)34-19(9-32-16)36-13-6-11(2)12(3)14(7-13)27-33-17-8-15-20(26(17)37-27)22(29)24(31)23(30)21(15)28;/h4-6,9,17,26,35H,8H2,1-3H3;/q-1;/t17-,26-;/m0./s1. The van der Waals surface area contributed by atoms with Crippen molar-refractivity contribution in [2.75, 3.05) is 0 Å². The zero-order valence-electron chi connectivity index (χ0n) is 20.1. The molecule has 1 aliphatic heterocycles. The number of phenols is 1. The van der Waals surface area contributed by atoms with Gasteiger partial charge in [-0.2, -0.15) is 0 Å². The number of aromatic nitrogens is 2. The number of halogens is 4. The number of benzene rings is 3. The van der Waals surface area contributed by atoms with Gasteiger partial charge in [0.25, 0.3) is 0 Å². The van der Waals surface area contributed by atoms with Gasteiger partial charge in [0.2, 0.25) is 5.88 Å². The summed E-state index contributed by atoms with van der Waals surface area (Å²) in [5, 5.41) is 10.2. The average Bonchev–Trinajstić information content (AvgIpc) is 3.42. The maximum atomic E-state index is 14.6. The Balaban J connectivity index is 0.00000294. The van der Waals surface area contributed by atoms with Crippen LogP contribution in [0.3, 0.4) is 0 Å². The molecule has 6 rings (SSSR count). The van der Waals surface area contributed by atoms with Gasteiger partial charge < -0.3 is 14.6 Å². The minimum absolute atomic E-state index is 0. The molecule has 0 bridgehead atoms. The van der Waals surface area contributed by atoms with E-state index in [1.54, 1.807) is 18.2 Å². The van der Waals surface area contributed by atoms with Gasteiger partial charge in [-0.3, -0.25) is 4.99 Å². The van der Waals surface area contributed by atoms with E-state index in [0.29, 0.717) is 11.1 Å². The molecule has 0 unspecified atom stereocenters. The molecule has 0 radical (unpaired) electrons. The number of aryl methyl sites for hydroxylation is 2. The van der Waals surface area contributed by atoms with Crippen LogP contribution in [0.4, 0.5) is 17.6 Å². The number of ether oxygens (including phenoxy) is 2. The third kappa shape index (κ3) is 4.02. The van der Waals surface area contributed by atoms with Gasteiger partial charge in [-0.25, -0.2) is 27.5 Å². The molecule has 2 heterocycles. The summed E-state index contributed by atoms with van der Waals surface area (Å²) < 4.78 is 68.2. The molecule has 4 aromatic rings. The molecule has 198 valence electrons. The minimum atomic E-state index is -1.87. The number of phenolic OH excluding ortho intramolecular Hbond substituents is 1. The van der Waals surface area contributed by atoms with Crippen LogP contribution >= 0.6 is 0 Å². The van der Waals surface area contributed by atoms with Crippen LogP contribution in [-0.4, -0.2) is 27.0 Å². The molecule has 0 saturated heterocycles. The average molecular weight is 704 g/mol. The Morgan fingerprint density at radius 3 is 2.53 bits per heavy atom. The molecule has 0 spiro atoms. The van der Waals surface area contributed by atoms with Gasteiger partial charge in [0.05, 0.1) is 17.8 Å². The van der Waals surface area contributed by atoms with Crippen LogP contribution in [0.25, 0.3) is 11.0 Å². The summed E-state index contributed by atoms with van der Waals surface area (Å²) in [5.41, 5.74) is 2.96. The molecule has 0 saturated carbocycles. The maximum Gasteiger partial charge on any atom is 0.236 e. The fraction of sp³-hybridized carbons (Fsp3) is 0.222. The van der Waals surface area contributed by atoms with Crippen LogP contribution in [0, 0.1) is 50.1 Å². The molecular weight excluding hydrogens is 685 g/mol. The molecule has 1 aliphatic carbocycles. The second-order valence-electron chi connectivity index (χ2n) is 9.17. The molecule has 1 N–H and O–H groups in total. The number of fused-ring (bicyclic) bond motifs is 4. The van der Waals surface area contributed by atoms with Crippen molar-refractivity contribution >= 4 is 16.9 Å². The molecular formula is C27H18F4N3O3Pt-. The van der Waals surface area contributed by atoms with E-state index in [1.165, 1.54) is 6.20 Å². The molecule has 0 amide bonds. The third-order valence-corrected chi connectivity index (χ3v) is 6.71. The van der Waals surface area contributed by atoms with Gasteiger partial charge in [-0.15, -0.1) is 11.1 Å². The van der Waals surface area contributed by atoms with Gasteiger partial charge in [0, 0.05) is 44.4 Å². The van der Waals surface area contributed by atoms with Crippen molar-refractivity contribution in [2.24, 2.45) is 4.99 Å². The number of aromatic hydroxyl groups is 1. The van der Waals surface area contributed by atoms with Gasteiger partial charge in [-0.1, -0.05) is 31.5 Å². The second kappa shape index (κ2) is 9.34. The van der Waals surface area contributed by atoms with E-state index in [1.807, 2.05) is 20.8 Å². The summed E-state index contributed by atoms with van der Waals surface area (Å²) in [4.78, 5) is 13.1. The minimum Gasteiger partial charge on any atom is -0.510 e. The van der Waals surface area contributed by atoms with Crippen molar-refractivity contribution in [1.82, 2.24) is 9.97 Å². The summed E-state index contributed by atoms with van der Waals surface area (Å²) in [6.07, 6.45) is 0.192.